The van der Waals surface area contributed by atoms with Crippen molar-refractivity contribution >= 4 is 21.6 Å². The zero-order chi connectivity index (χ0) is 17.2. The minimum absolute atomic E-state index is 0.0424. The van der Waals surface area contributed by atoms with Gasteiger partial charge in [0.25, 0.3) is 0 Å². The Morgan fingerprint density at radius 1 is 1.33 bits per heavy atom. The molecule has 7 heteroatoms. The molecule has 1 aliphatic heterocycles. The molecule has 0 radical (unpaired) electrons. The normalized spacial score (nSPS) is 19.1. The highest BCUT2D eigenvalue weighted by Gasteiger charge is 2.33. The predicted octanol–water partition coefficient (Wildman–Crippen LogP) is 2.99. The van der Waals surface area contributed by atoms with Gasteiger partial charge < -0.3 is 14.6 Å². The number of nitrogens with zero attached hydrogens (tertiary/aromatic N) is 1. The monoisotopic (exact) mass is 348 g/mol. The smallest absolute Gasteiger partial charge is 0.322 e. The SMILES string of the molecule is CCN(C(=O)Nc1cccc(-c2ccco2)c1)C1CCS(=O)(=O)C1. The minimum Gasteiger partial charge on any atom is -0.464 e. The molecule has 2 heterocycles. The number of urea groups is 1. The Morgan fingerprint density at radius 2 is 2.17 bits per heavy atom. The van der Waals surface area contributed by atoms with Gasteiger partial charge >= 0.3 is 6.03 Å². The Hall–Kier alpha value is -2.28. The Labute approximate surface area is 141 Å². The molecule has 3 rings (SSSR count). The molecule has 1 aromatic carbocycles. The van der Waals surface area contributed by atoms with E-state index in [0.717, 1.165) is 11.3 Å². The van der Waals surface area contributed by atoms with Gasteiger partial charge in [-0.1, -0.05) is 12.1 Å². The number of carbonyl (C=O) groups excluding carboxylic acids is 1. The largest absolute Gasteiger partial charge is 0.464 e. The second kappa shape index (κ2) is 6.68. The zero-order valence-electron chi connectivity index (χ0n) is 13.4. The van der Waals surface area contributed by atoms with Gasteiger partial charge in [-0.05, 0) is 37.6 Å². The van der Waals surface area contributed by atoms with Crippen molar-refractivity contribution in [3.8, 4) is 11.3 Å². The lowest BCUT2D eigenvalue weighted by atomic mass is 10.1. The number of benzene rings is 1. The summed E-state index contributed by atoms with van der Waals surface area (Å²) in [5.41, 5.74) is 1.51. The van der Waals surface area contributed by atoms with E-state index in [1.54, 1.807) is 23.3 Å². The first-order chi connectivity index (χ1) is 11.5. The van der Waals surface area contributed by atoms with Gasteiger partial charge in [0.15, 0.2) is 9.84 Å². The molecule has 1 aromatic heterocycles. The molecule has 0 bridgehead atoms. The maximum Gasteiger partial charge on any atom is 0.322 e. The highest BCUT2D eigenvalue weighted by Crippen LogP contribution is 2.24. The first kappa shape index (κ1) is 16.6. The van der Waals surface area contributed by atoms with E-state index in [2.05, 4.69) is 5.32 Å². The number of nitrogens with one attached hydrogen (secondary N) is 1. The summed E-state index contributed by atoms with van der Waals surface area (Å²) >= 11 is 0. The van der Waals surface area contributed by atoms with E-state index >= 15 is 0 Å². The Morgan fingerprint density at radius 3 is 2.79 bits per heavy atom. The van der Waals surface area contributed by atoms with Gasteiger partial charge in [-0.25, -0.2) is 13.2 Å². The second-order valence-corrected chi connectivity index (χ2v) is 8.06. The minimum atomic E-state index is -3.03. The fourth-order valence-electron chi connectivity index (χ4n) is 2.98. The summed E-state index contributed by atoms with van der Waals surface area (Å²) in [4.78, 5) is 14.1. The van der Waals surface area contributed by atoms with Gasteiger partial charge in [-0.3, -0.25) is 0 Å². The summed E-state index contributed by atoms with van der Waals surface area (Å²) in [6, 6.07) is 10.5. The number of furan rings is 1. The van der Waals surface area contributed by atoms with Crippen molar-refractivity contribution < 1.29 is 17.6 Å². The van der Waals surface area contributed by atoms with Crippen LogP contribution in [0.3, 0.4) is 0 Å². The molecule has 2 amide bonds. The van der Waals surface area contributed by atoms with Crippen LogP contribution in [-0.4, -0.2) is 43.4 Å². The van der Waals surface area contributed by atoms with Gasteiger partial charge in [0.05, 0.1) is 17.8 Å². The molecule has 128 valence electrons. The van der Waals surface area contributed by atoms with Crippen LogP contribution in [0.4, 0.5) is 10.5 Å². The van der Waals surface area contributed by atoms with E-state index in [1.807, 2.05) is 31.2 Å². The van der Waals surface area contributed by atoms with Crippen molar-refractivity contribution in [2.45, 2.75) is 19.4 Å². The number of hydrogen-bond acceptors (Lipinski definition) is 4. The van der Waals surface area contributed by atoms with Crippen molar-refractivity contribution in [2.24, 2.45) is 0 Å². The van der Waals surface area contributed by atoms with Crippen LogP contribution in [0.15, 0.2) is 47.1 Å². The molecule has 1 saturated heterocycles. The van der Waals surface area contributed by atoms with Crippen LogP contribution < -0.4 is 5.32 Å². The lowest BCUT2D eigenvalue weighted by Gasteiger charge is -2.27. The van der Waals surface area contributed by atoms with Crippen LogP contribution >= 0.6 is 0 Å². The number of anilines is 1. The Bertz CT molecular complexity index is 815. The van der Waals surface area contributed by atoms with Gasteiger partial charge in [-0.2, -0.15) is 0 Å². The van der Waals surface area contributed by atoms with Crippen molar-refractivity contribution in [3.63, 3.8) is 0 Å². The average Bonchev–Trinajstić information content (AvgIpc) is 3.18. The molecular weight excluding hydrogens is 328 g/mol. The number of carbonyl (C=O) groups is 1. The van der Waals surface area contributed by atoms with E-state index in [4.69, 9.17) is 4.42 Å². The highest BCUT2D eigenvalue weighted by molar-refractivity contribution is 7.91. The maximum absolute atomic E-state index is 12.5. The van der Waals surface area contributed by atoms with E-state index in [-0.39, 0.29) is 23.6 Å². The quantitative estimate of drug-likeness (QED) is 0.921. The van der Waals surface area contributed by atoms with Crippen molar-refractivity contribution in [2.75, 3.05) is 23.4 Å². The molecule has 0 aliphatic carbocycles. The summed E-state index contributed by atoms with van der Waals surface area (Å²) < 4.78 is 28.7. The van der Waals surface area contributed by atoms with Gasteiger partial charge in [0.1, 0.15) is 5.76 Å². The van der Waals surface area contributed by atoms with E-state index in [1.165, 1.54) is 0 Å². The molecule has 6 nitrogen and oxygen atoms in total. The summed E-state index contributed by atoms with van der Waals surface area (Å²) in [7, 11) is -3.03. The first-order valence-corrected chi connectivity index (χ1v) is 9.72. The number of sulfone groups is 1. The lowest BCUT2D eigenvalue weighted by molar-refractivity contribution is 0.197. The van der Waals surface area contributed by atoms with Crippen LogP contribution in [-0.2, 0) is 9.84 Å². The maximum atomic E-state index is 12.5. The first-order valence-electron chi connectivity index (χ1n) is 7.90. The van der Waals surface area contributed by atoms with E-state index in [0.29, 0.717) is 18.7 Å². The molecule has 0 saturated carbocycles. The summed E-state index contributed by atoms with van der Waals surface area (Å²) in [6.45, 7) is 2.31. The molecule has 1 aliphatic rings. The number of rotatable bonds is 4. The average molecular weight is 348 g/mol. The molecule has 2 aromatic rings. The van der Waals surface area contributed by atoms with Gasteiger partial charge in [0.2, 0.25) is 0 Å². The van der Waals surface area contributed by atoms with Crippen molar-refractivity contribution in [1.29, 1.82) is 0 Å². The number of hydrogen-bond donors (Lipinski definition) is 1. The lowest BCUT2D eigenvalue weighted by Crippen LogP contribution is -2.43. The topological polar surface area (TPSA) is 79.6 Å². The van der Waals surface area contributed by atoms with Crippen LogP contribution in [0.5, 0.6) is 0 Å². The summed E-state index contributed by atoms with van der Waals surface area (Å²) in [5, 5.41) is 2.85. The van der Waals surface area contributed by atoms with Crippen LogP contribution in [0.1, 0.15) is 13.3 Å². The fraction of sp³-hybridized carbons (Fsp3) is 0.353. The molecule has 1 atom stereocenters. The standard InChI is InChI=1S/C17H20N2O4S/c1-2-19(15-8-10-24(21,22)12-15)17(20)18-14-6-3-5-13(11-14)16-7-4-9-23-16/h3-7,9,11,15H,2,8,10,12H2,1H3,(H,18,20). The molecular formula is C17H20N2O4S. The third-order valence-corrected chi connectivity index (χ3v) is 5.92. The molecule has 1 N–H and O–H groups in total. The van der Waals surface area contributed by atoms with E-state index in [9.17, 15) is 13.2 Å². The van der Waals surface area contributed by atoms with Crippen molar-refractivity contribution in [3.05, 3.63) is 42.7 Å². The molecule has 24 heavy (non-hydrogen) atoms. The van der Waals surface area contributed by atoms with E-state index < -0.39 is 9.84 Å². The summed E-state index contributed by atoms with van der Waals surface area (Å²) in [5.74, 6) is 0.913. The molecule has 1 fully saturated rings. The van der Waals surface area contributed by atoms with Crippen LogP contribution in [0, 0.1) is 0 Å². The second-order valence-electron chi connectivity index (χ2n) is 5.83. The molecule has 1 unspecified atom stereocenters. The third-order valence-electron chi connectivity index (χ3n) is 4.17. The third kappa shape index (κ3) is 3.62. The van der Waals surface area contributed by atoms with Crippen LogP contribution in [0.2, 0.25) is 0 Å². The van der Waals surface area contributed by atoms with Crippen molar-refractivity contribution in [1.82, 2.24) is 4.90 Å². The Kier molecular flexibility index (Phi) is 4.62. The van der Waals surface area contributed by atoms with Gasteiger partial charge in [-0.15, -0.1) is 0 Å². The van der Waals surface area contributed by atoms with Gasteiger partial charge in [0, 0.05) is 23.8 Å². The Balaban J connectivity index is 1.73. The fourth-order valence-corrected chi connectivity index (χ4v) is 4.71. The summed E-state index contributed by atoms with van der Waals surface area (Å²) in [6.07, 6.45) is 2.09. The molecule has 0 spiro atoms. The van der Waals surface area contributed by atoms with Crippen LogP contribution in [0.25, 0.3) is 11.3 Å². The number of amides is 2. The predicted molar refractivity (Wildman–Crippen MR) is 92.6 cm³/mol. The highest BCUT2D eigenvalue weighted by atomic mass is 32.2. The zero-order valence-corrected chi connectivity index (χ0v) is 14.3.